The van der Waals surface area contributed by atoms with Crippen molar-refractivity contribution in [2.75, 3.05) is 32.7 Å². The number of rotatable bonds is 5. The summed E-state index contributed by atoms with van der Waals surface area (Å²) < 4.78 is 0. The first-order valence-corrected chi connectivity index (χ1v) is 9.43. The molecule has 3 fully saturated rings. The van der Waals surface area contributed by atoms with E-state index in [0.717, 1.165) is 71.1 Å². The van der Waals surface area contributed by atoms with Crippen LogP contribution in [-0.4, -0.2) is 49.4 Å². The third-order valence-corrected chi connectivity index (χ3v) is 6.02. The molecule has 1 aliphatic carbocycles. The quantitative estimate of drug-likeness (QED) is 0.739. The summed E-state index contributed by atoms with van der Waals surface area (Å²) in [7, 11) is 0. The number of likely N-dealkylation sites (tertiary alicyclic amines) is 1. The molecule has 6 heteroatoms. The molecule has 0 aromatic carbocycles. The highest BCUT2D eigenvalue weighted by molar-refractivity contribution is 5.85. The van der Waals surface area contributed by atoms with Gasteiger partial charge >= 0.3 is 0 Å². The minimum Gasteiger partial charge on any atom is -0.356 e. The summed E-state index contributed by atoms with van der Waals surface area (Å²) in [6, 6.07) is 0. The van der Waals surface area contributed by atoms with Gasteiger partial charge in [-0.25, -0.2) is 0 Å². The summed E-state index contributed by atoms with van der Waals surface area (Å²) >= 11 is 0. The molecule has 2 amide bonds. The first-order chi connectivity index (χ1) is 11.2. The molecule has 2 atom stereocenters. The molecule has 138 valence electrons. The number of halogens is 1. The van der Waals surface area contributed by atoms with Crippen molar-refractivity contribution in [1.29, 1.82) is 0 Å². The molecule has 3 rings (SSSR count). The van der Waals surface area contributed by atoms with Gasteiger partial charge in [0.2, 0.25) is 11.8 Å². The third kappa shape index (κ3) is 4.23. The van der Waals surface area contributed by atoms with Gasteiger partial charge in [0.25, 0.3) is 0 Å². The highest BCUT2D eigenvalue weighted by atomic mass is 35.5. The number of unbranched alkanes of at least 4 members (excludes halogenated alkanes) is 1. The minimum atomic E-state index is -0.00715. The highest BCUT2D eigenvalue weighted by Crippen LogP contribution is 2.59. The molecule has 1 spiro atoms. The van der Waals surface area contributed by atoms with E-state index in [-0.39, 0.29) is 30.2 Å². The maximum Gasteiger partial charge on any atom is 0.226 e. The van der Waals surface area contributed by atoms with Gasteiger partial charge in [0, 0.05) is 25.6 Å². The normalized spacial score (nSPS) is 28.1. The van der Waals surface area contributed by atoms with E-state index in [2.05, 4.69) is 17.6 Å². The van der Waals surface area contributed by atoms with E-state index in [0.29, 0.717) is 17.9 Å². The van der Waals surface area contributed by atoms with E-state index in [4.69, 9.17) is 0 Å². The smallest absolute Gasteiger partial charge is 0.226 e. The fourth-order valence-electron chi connectivity index (χ4n) is 4.32. The lowest BCUT2D eigenvalue weighted by Gasteiger charge is -2.33. The van der Waals surface area contributed by atoms with Crippen LogP contribution in [0.25, 0.3) is 0 Å². The molecule has 2 unspecified atom stereocenters. The monoisotopic (exact) mass is 357 g/mol. The van der Waals surface area contributed by atoms with Crippen molar-refractivity contribution in [3.8, 4) is 0 Å². The lowest BCUT2D eigenvalue weighted by Crippen LogP contribution is -2.46. The number of nitrogens with one attached hydrogen (secondary N) is 2. The van der Waals surface area contributed by atoms with Gasteiger partial charge in [0.05, 0.1) is 5.92 Å². The zero-order valence-corrected chi connectivity index (χ0v) is 15.6. The number of nitrogens with zero attached hydrogens (tertiary/aromatic N) is 1. The third-order valence-electron chi connectivity index (χ3n) is 6.02. The second-order valence-corrected chi connectivity index (χ2v) is 7.64. The number of piperidine rings is 2. The van der Waals surface area contributed by atoms with Gasteiger partial charge in [-0.05, 0) is 57.0 Å². The van der Waals surface area contributed by atoms with Gasteiger partial charge in [-0.15, -0.1) is 12.4 Å². The summed E-state index contributed by atoms with van der Waals surface area (Å²) in [4.78, 5) is 27.1. The molecule has 0 aromatic rings. The number of hydrogen-bond acceptors (Lipinski definition) is 3. The van der Waals surface area contributed by atoms with Crippen molar-refractivity contribution in [2.24, 2.45) is 17.3 Å². The molecule has 5 nitrogen and oxygen atoms in total. The van der Waals surface area contributed by atoms with Crippen LogP contribution in [0.1, 0.15) is 51.9 Å². The molecule has 0 radical (unpaired) electrons. The molecular formula is C18H32ClN3O2. The van der Waals surface area contributed by atoms with E-state index in [1.165, 1.54) is 0 Å². The van der Waals surface area contributed by atoms with Crippen molar-refractivity contribution in [1.82, 2.24) is 15.5 Å². The van der Waals surface area contributed by atoms with E-state index in [9.17, 15) is 9.59 Å². The SMILES string of the molecule is CCCCNC(=O)C1CCCN(C(=O)C2CC23CCNCC3)C1.Cl. The van der Waals surface area contributed by atoms with Gasteiger partial charge in [0.15, 0.2) is 0 Å². The molecular weight excluding hydrogens is 326 g/mol. The molecule has 2 aliphatic heterocycles. The summed E-state index contributed by atoms with van der Waals surface area (Å²) in [6.45, 7) is 6.44. The Kier molecular flexibility index (Phi) is 6.93. The van der Waals surface area contributed by atoms with E-state index < -0.39 is 0 Å². The van der Waals surface area contributed by atoms with E-state index >= 15 is 0 Å². The first-order valence-electron chi connectivity index (χ1n) is 9.43. The van der Waals surface area contributed by atoms with Crippen LogP contribution in [0.5, 0.6) is 0 Å². The number of amides is 2. The average molecular weight is 358 g/mol. The second kappa shape index (κ2) is 8.52. The van der Waals surface area contributed by atoms with Crippen LogP contribution in [0.3, 0.4) is 0 Å². The number of carbonyl (C=O) groups excluding carboxylic acids is 2. The Morgan fingerprint density at radius 1 is 1.29 bits per heavy atom. The van der Waals surface area contributed by atoms with Crippen molar-refractivity contribution in [2.45, 2.75) is 51.9 Å². The Hall–Kier alpha value is -0.810. The van der Waals surface area contributed by atoms with Gasteiger partial charge in [-0.2, -0.15) is 0 Å². The lowest BCUT2D eigenvalue weighted by molar-refractivity contribution is -0.137. The van der Waals surface area contributed by atoms with Gasteiger partial charge < -0.3 is 15.5 Å². The minimum absolute atomic E-state index is 0. The van der Waals surface area contributed by atoms with Crippen molar-refractivity contribution in [3.63, 3.8) is 0 Å². The van der Waals surface area contributed by atoms with Crippen LogP contribution in [0.4, 0.5) is 0 Å². The Balaban J connectivity index is 0.00000208. The average Bonchev–Trinajstić information content (AvgIpc) is 3.28. The molecule has 1 saturated carbocycles. The standard InChI is InChI=1S/C18H31N3O2.ClH/c1-2-3-8-20-16(22)14-5-4-11-21(13-14)17(23)15-12-18(15)6-9-19-10-7-18;/h14-15,19H,2-13H2,1H3,(H,20,22);1H. The van der Waals surface area contributed by atoms with Crippen molar-refractivity contribution >= 4 is 24.2 Å². The predicted octanol–water partition coefficient (Wildman–Crippen LogP) is 1.95. The fourth-order valence-corrected chi connectivity index (χ4v) is 4.32. The predicted molar refractivity (Wildman–Crippen MR) is 97.1 cm³/mol. The molecule has 2 heterocycles. The summed E-state index contributed by atoms with van der Waals surface area (Å²) in [5, 5.41) is 6.42. The highest BCUT2D eigenvalue weighted by Gasteiger charge is 2.58. The van der Waals surface area contributed by atoms with Gasteiger partial charge in [-0.3, -0.25) is 9.59 Å². The van der Waals surface area contributed by atoms with Crippen LogP contribution in [0.15, 0.2) is 0 Å². The van der Waals surface area contributed by atoms with E-state index in [1.54, 1.807) is 0 Å². The van der Waals surface area contributed by atoms with Crippen LogP contribution >= 0.6 is 12.4 Å². The van der Waals surface area contributed by atoms with Gasteiger partial charge in [-0.1, -0.05) is 13.3 Å². The molecule has 0 bridgehead atoms. The first kappa shape index (κ1) is 19.5. The Labute approximate surface area is 151 Å². The number of hydrogen-bond donors (Lipinski definition) is 2. The molecule has 3 aliphatic rings. The topological polar surface area (TPSA) is 61.4 Å². The molecule has 2 N–H and O–H groups in total. The van der Waals surface area contributed by atoms with Crippen LogP contribution < -0.4 is 10.6 Å². The summed E-state index contributed by atoms with van der Waals surface area (Å²) in [5.41, 5.74) is 0.290. The van der Waals surface area contributed by atoms with Gasteiger partial charge in [0.1, 0.15) is 0 Å². The lowest BCUT2D eigenvalue weighted by atomic mass is 9.91. The molecule has 0 aromatic heterocycles. The Bertz CT molecular complexity index is 452. The van der Waals surface area contributed by atoms with Crippen LogP contribution in [-0.2, 0) is 9.59 Å². The molecule has 2 saturated heterocycles. The molecule has 24 heavy (non-hydrogen) atoms. The second-order valence-electron chi connectivity index (χ2n) is 7.64. The maximum absolute atomic E-state index is 12.8. The zero-order valence-electron chi connectivity index (χ0n) is 14.8. The Morgan fingerprint density at radius 3 is 2.75 bits per heavy atom. The van der Waals surface area contributed by atoms with Crippen LogP contribution in [0.2, 0.25) is 0 Å². The van der Waals surface area contributed by atoms with Crippen molar-refractivity contribution < 1.29 is 9.59 Å². The zero-order chi connectivity index (χ0) is 16.3. The van der Waals surface area contributed by atoms with Crippen LogP contribution in [0, 0.1) is 17.3 Å². The largest absolute Gasteiger partial charge is 0.356 e. The van der Waals surface area contributed by atoms with E-state index in [1.807, 2.05) is 4.90 Å². The van der Waals surface area contributed by atoms with Crippen molar-refractivity contribution in [3.05, 3.63) is 0 Å². The Morgan fingerprint density at radius 2 is 2.04 bits per heavy atom. The maximum atomic E-state index is 12.8. The summed E-state index contributed by atoms with van der Waals surface area (Å²) in [6.07, 6.45) is 7.34. The fraction of sp³-hybridized carbons (Fsp3) is 0.889. The summed E-state index contributed by atoms with van der Waals surface area (Å²) in [5.74, 6) is 0.681. The number of carbonyl (C=O) groups is 2.